The highest BCUT2D eigenvalue weighted by Crippen LogP contribution is 2.17. The van der Waals surface area contributed by atoms with Gasteiger partial charge in [0.15, 0.2) is 0 Å². The number of amides is 1. The van der Waals surface area contributed by atoms with E-state index in [1.807, 2.05) is 24.3 Å². The van der Waals surface area contributed by atoms with Crippen molar-refractivity contribution in [3.8, 4) is 0 Å². The van der Waals surface area contributed by atoms with E-state index in [-0.39, 0.29) is 5.91 Å². The Bertz CT molecular complexity index is 769. The predicted molar refractivity (Wildman–Crippen MR) is 85.0 cm³/mol. The molecule has 110 valence electrons. The van der Waals surface area contributed by atoms with Crippen molar-refractivity contribution in [3.05, 3.63) is 77.3 Å². The number of aromatic nitrogens is 3. The third-order valence-corrected chi connectivity index (χ3v) is 3.47. The van der Waals surface area contributed by atoms with Crippen LogP contribution in [0.25, 0.3) is 0 Å². The Morgan fingerprint density at radius 1 is 1.14 bits per heavy atom. The van der Waals surface area contributed by atoms with Gasteiger partial charge in [-0.25, -0.2) is 9.67 Å². The zero-order chi connectivity index (χ0) is 15.4. The van der Waals surface area contributed by atoms with Crippen molar-refractivity contribution in [2.24, 2.45) is 0 Å². The van der Waals surface area contributed by atoms with Crippen molar-refractivity contribution in [1.29, 1.82) is 0 Å². The van der Waals surface area contributed by atoms with Crippen LogP contribution in [0.3, 0.4) is 0 Å². The molecule has 3 rings (SSSR count). The number of carbonyl (C=O) groups is 1. The van der Waals surface area contributed by atoms with Gasteiger partial charge in [-0.2, -0.15) is 5.10 Å². The van der Waals surface area contributed by atoms with Crippen LogP contribution in [0.1, 0.15) is 15.9 Å². The molecule has 0 aliphatic heterocycles. The van der Waals surface area contributed by atoms with E-state index < -0.39 is 0 Å². The van der Waals surface area contributed by atoms with Crippen LogP contribution in [0.2, 0.25) is 5.02 Å². The van der Waals surface area contributed by atoms with Gasteiger partial charge >= 0.3 is 0 Å². The first-order chi connectivity index (χ1) is 10.7. The number of rotatable bonds is 4. The second-order valence-corrected chi connectivity index (χ2v) is 5.13. The molecule has 1 heterocycles. The summed E-state index contributed by atoms with van der Waals surface area (Å²) < 4.78 is 1.73. The predicted octanol–water partition coefficient (Wildman–Crippen LogP) is 3.23. The Kier molecular flexibility index (Phi) is 4.16. The highest BCUT2D eigenvalue weighted by molar-refractivity contribution is 6.34. The van der Waals surface area contributed by atoms with Crippen LogP contribution in [0, 0.1) is 0 Å². The van der Waals surface area contributed by atoms with E-state index in [0.717, 1.165) is 5.56 Å². The lowest BCUT2D eigenvalue weighted by molar-refractivity contribution is 0.102. The van der Waals surface area contributed by atoms with Crippen molar-refractivity contribution >= 4 is 23.2 Å². The molecule has 1 aromatic heterocycles. The Hall–Kier alpha value is -2.66. The molecule has 0 saturated carbocycles. The van der Waals surface area contributed by atoms with Gasteiger partial charge in [-0.1, -0.05) is 35.9 Å². The smallest absolute Gasteiger partial charge is 0.257 e. The van der Waals surface area contributed by atoms with Gasteiger partial charge < -0.3 is 5.32 Å². The molecule has 0 radical (unpaired) electrons. The van der Waals surface area contributed by atoms with Crippen LogP contribution in [0.5, 0.6) is 0 Å². The Balaban J connectivity index is 1.68. The van der Waals surface area contributed by atoms with Gasteiger partial charge in [0, 0.05) is 5.69 Å². The van der Waals surface area contributed by atoms with Crippen LogP contribution in [-0.4, -0.2) is 20.7 Å². The second-order valence-electron chi connectivity index (χ2n) is 4.72. The lowest BCUT2D eigenvalue weighted by Gasteiger charge is -2.08. The van der Waals surface area contributed by atoms with E-state index in [4.69, 9.17) is 11.6 Å². The molecule has 1 N–H and O–H groups in total. The van der Waals surface area contributed by atoms with Crippen molar-refractivity contribution in [2.45, 2.75) is 6.54 Å². The first kappa shape index (κ1) is 14.3. The van der Waals surface area contributed by atoms with Gasteiger partial charge in [-0.3, -0.25) is 4.79 Å². The van der Waals surface area contributed by atoms with Gasteiger partial charge in [-0.15, -0.1) is 0 Å². The summed E-state index contributed by atoms with van der Waals surface area (Å²) in [7, 11) is 0. The zero-order valence-corrected chi connectivity index (χ0v) is 12.4. The molecular weight excluding hydrogens is 300 g/mol. The normalized spacial score (nSPS) is 10.4. The molecule has 5 nitrogen and oxygen atoms in total. The van der Waals surface area contributed by atoms with Crippen LogP contribution in [0.4, 0.5) is 5.69 Å². The lowest BCUT2D eigenvalue weighted by atomic mass is 10.2. The zero-order valence-electron chi connectivity index (χ0n) is 11.6. The third kappa shape index (κ3) is 3.32. The number of halogens is 1. The highest BCUT2D eigenvalue weighted by Gasteiger charge is 2.09. The minimum absolute atomic E-state index is 0.227. The quantitative estimate of drug-likeness (QED) is 0.804. The summed E-state index contributed by atoms with van der Waals surface area (Å²) in [5.74, 6) is -0.227. The minimum Gasteiger partial charge on any atom is -0.322 e. The van der Waals surface area contributed by atoms with Crippen molar-refractivity contribution in [1.82, 2.24) is 14.8 Å². The molecule has 0 aliphatic rings. The monoisotopic (exact) mass is 312 g/mol. The maximum absolute atomic E-state index is 12.2. The van der Waals surface area contributed by atoms with Gasteiger partial charge in [0.1, 0.15) is 12.7 Å². The molecule has 0 saturated heterocycles. The molecule has 0 bridgehead atoms. The fraction of sp³-hybridized carbons (Fsp3) is 0.0625. The van der Waals surface area contributed by atoms with Gasteiger partial charge in [0.25, 0.3) is 5.91 Å². The molecule has 3 aromatic rings. The lowest BCUT2D eigenvalue weighted by Crippen LogP contribution is -2.12. The molecule has 6 heteroatoms. The Morgan fingerprint density at radius 2 is 1.91 bits per heavy atom. The second kappa shape index (κ2) is 6.41. The van der Waals surface area contributed by atoms with E-state index in [0.29, 0.717) is 22.8 Å². The largest absolute Gasteiger partial charge is 0.322 e. The first-order valence-corrected chi connectivity index (χ1v) is 7.07. The summed E-state index contributed by atoms with van der Waals surface area (Å²) >= 11 is 6.01. The third-order valence-electron chi connectivity index (χ3n) is 3.14. The summed E-state index contributed by atoms with van der Waals surface area (Å²) in [6.45, 7) is 0.638. The standard InChI is InChI=1S/C16H13ClN4O/c17-15-4-2-1-3-14(15)16(22)20-13-7-5-12(6-8-13)9-21-11-18-10-19-21/h1-8,10-11H,9H2,(H,20,22). The van der Waals surface area contributed by atoms with Crippen LogP contribution < -0.4 is 5.32 Å². The fourth-order valence-electron chi connectivity index (χ4n) is 2.04. The van der Waals surface area contributed by atoms with Crippen molar-refractivity contribution in [2.75, 3.05) is 5.32 Å². The van der Waals surface area contributed by atoms with Crippen molar-refractivity contribution in [3.63, 3.8) is 0 Å². The highest BCUT2D eigenvalue weighted by atomic mass is 35.5. The van der Waals surface area contributed by atoms with Gasteiger partial charge in [-0.05, 0) is 29.8 Å². The van der Waals surface area contributed by atoms with E-state index in [1.54, 1.807) is 35.3 Å². The molecule has 0 fully saturated rings. The Labute approximate surface area is 132 Å². The van der Waals surface area contributed by atoms with Gasteiger partial charge in [0.05, 0.1) is 17.1 Å². The molecule has 1 amide bonds. The molecular formula is C16H13ClN4O. The summed E-state index contributed by atoms with van der Waals surface area (Å²) in [5, 5.41) is 7.31. The summed E-state index contributed by atoms with van der Waals surface area (Å²) in [5.41, 5.74) is 2.24. The average molecular weight is 313 g/mol. The van der Waals surface area contributed by atoms with Crippen LogP contribution in [-0.2, 0) is 6.54 Å². The molecule has 0 spiro atoms. The number of anilines is 1. The molecule has 2 aromatic carbocycles. The van der Waals surface area contributed by atoms with Crippen LogP contribution >= 0.6 is 11.6 Å². The molecule has 22 heavy (non-hydrogen) atoms. The summed E-state index contributed by atoms with van der Waals surface area (Å²) in [6.07, 6.45) is 3.16. The SMILES string of the molecule is O=C(Nc1ccc(Cn2cncn2)cc1)c1ccccc1Cl. The number of benzene rings is 2. The van der Waals surface area contributed by atoms with Crippen LogP contribution in [0.15, 0.2) is 61.2 Å². The number of hydrogen-bond acceptors (Lipinski definition) is 3. The maximum Gasteiger partial charge on any atom is 0.257 e. The molecule has 0 unspecified atom stereocenters. The van der Waals surface area contributed by atoms with E-state index >= 15 is 0 Å². The molecule has 0 atom stereocenters. The fourth-order valence-corrected chi connectivity index (χ4v) is 2.26. The number of hydrogen-bond donors (Lipinski definition) is 1. The molecule has 0 aliphatic carbocycles. The maximum atomic E-state index is 12.2. The summed E-state index contributed by atoms with van der Waals surface area (Å²) in [4.78, 5) is 16.1. The van der Waals surface area contributed by atoms with Crippen molar-refractivity contribution < 1.29 is 4.79 Å². The number of nitrogens with one attached hydrogen (secondary N) is 1. The van der Waals surface area contributed by atoms with E-state index in [1.165, 1.54) is 6.33 Å². The Morgan fingerprint density at radius 3 is 2.59 bits per heavy atom. The minimum atomic E-state index is -0.227. The number of nitrogens with zero attached hydrogens (tertiary/aromatic N) is 3. The average Bonchev–Trinajstić information content (AvgIpc) is 3.02. The first-order valence-electron chi connectivity index (χ1n) is 6.69. The topological polar surface area (TPSA) is 59.8 Å². The van der Waals surface area contributed by atoms with Gasteiger partial charge in [0.2, 0.25) is 0 Å². The van der Waals surface area contributed by atoms with E-state index in [2.05, 4.69) is 15.4 Å². The number of carbonyl (C=O) groups excluding carboxylic acids is 1. The van der Waals surface area contributed by atoms with E-state index in [9.17, 15) is 4.79 Å². The summed E-state index contributed by atoms with van der Waals surface area (Å²) in [6, 6.07) is 14.5.